The highest BCUT2D eigenvalue weighted by Crippen LogP contribution is 2.22. The highest BCUT2D eigenvalue weighted by Gasteiger charge is 2.15. The SMILES string of the molecule is CCC(CC)CC(CNCCOC)Cc1cccc(C)c1. The molecule has 0 radical (unpaired) electrons. The normalized spacial score (nSPS) is 12.8. The van der Waals surface area contributed by atoms with Crippen LogP contribution in [0, 0.1) is 18.8 Å². The summed E-state index contributed by atoms with van der Waals surface area (Å²) < 4.78 is 5.12. The summed E-state index contributed by atoms with van der Waals surface area (Å²) in [6, 6.07) is 8.95. The first kappa shape index (κ1) is 18.2. The van der Waals surface area contributed by atoms with Crippen molar-refractivity contribution in [1.82, 2.24) is 5.32 Å². The number of methoxy groups -OCH3 is 1. The number of benzene rings is 1. The maximum atomic E-state index is 5.12. The second-order valence-electron chi connectivity index (χ2n) is 6.17. The first-order valence-corrected chi connectivity index (χ1v) is 8.44. The van der Waals surface area contributed by atoms with E-state index >= 15 is 0 Å². The maximum Gasteiger partial charge on any atom is 0.0587 e. The summed E-state index contributed by atoms with van der Waals surface area (Å²) in [4.78, 5) is 0. The lowest BCUT2D eigenvalue weighted by Gasteiger charge is -2.23. The number of aryl methyl sites for hydroxylation is 1. The summed E-state index contributed by atoms with van der Waals surface area (Å²) in [7, 11) is 1.76. The quantitative estimate of drug-likeness (QED) is 0.616. The van der Waals surface area contributed by atoms with E-state index < -0.39 is 0 Å². The molecule has 2 heteroatoms. The topological polar surface area (TPSA) is 21.3 Å². The van der Waals surface area contributed by atoms with Crippen molar-refractivity contribution in [2.75, 3.05) is 26.8 Å². The molecule has 2 nitrogen and oxygen atoms in total. The highest BCUT2D eigenvalue weighted by atomic mass is 16.5. The van der Waals surface area contributed by atoms with Crippen LogP contribution in [0.3, 0.4) is 0 Å². The molecular weight excluding hydrogens is 258 g/mol. The fourth-order valence-electron chi connectivity index (χ4n) is 2.99. The summed E-state index contributed by atoms with van der Waals surface area (Å²) >= 11 is 0. The molecule has 21 heavy (non-hydrogen) atoms. The molecule has 0 saturated carbocycles. The van der Waals surface area contributed by atoms with Gasteiger partial charge in [-0.15, -0.1) is 0 Å². The molecule has 0 saturated heterocycles. The smallest absolute Gasteiger partial charge is 0.0587 e. The molecule has 0 fully saturated rings. The average molecular weight is 291 g/mol. The van der Waals surface area contributed by atoms with Crippen molar-refractivity contribution < 1.29 is 4.74 Å². The van der Waals surface area contributed by atoms with Gasteiger partial charge in [0, 0.05) is 13.7 Å². The van der Waals surface area contributed by atoms with Crippen LogP contribution >= 0.6 is 0 Å². The van der Waals surface area contributed by atoms with E-state index in [0.29, 0.717) is 5.92 Å². The molecule has 0 aliphatic carbocycles. The first-order valence-electron chi connectivity index (χ1n) is 8.44. The zero-order valence-electron chi connectivity index (χ0n) is 14.3. The van der Waals surface area contributed by atoms with Gasteiger partial charge in [0.1, 0.15) is 0 Å². The summed E-state index contributed by atoms with van der Waals surface area (Å²) in [5.74, 6) is 1.57. The van der Waals surface area contributed by atoms with E-state index in [0.717, 1.165) is 25.6 Å². The van der Waals surface area contributed by atoms with Crippen molar-refractivity contribution in [3.05, 3.63) is 35.4 Å². The van der Waals surface area contributed by atoms with Crippen LogP contribution in [-0.2, 0) is 11.2 Å². The van der Waals surface area contributed by atoms with Gasteiger partial charge in [0.2, 0.25) is 0 Å². The first-order chi connectivity index (χ1) is 10.2. The Hall–Kier alpha value is -0.860. The van der Waals surface area contributed by atoms with Crippen LogP contribution in [-0.4, -0.2) is 26.8 Å². The predicted molar refractivity (Wildman–Crippen MR) is 91.8 cm³/mol. The van der Waals surface area contributed by atoms with Gasteiger partial charge in [-0.1, -0.05) is 56.5 Å². The van der Waals surface area contributed by atoms with Crippen LogP contribution in [0.15, 0.2) is 24.3 Å². The van der Waals surface area contributed by atoms with E-state index in [1.807, 2.05) is 0 Å². The Morgan fingerprint density at radius 1 is 1.14 bits per heavy atom. The molecule has 0 aromatic heterocycles. The second-order valence-corrected chi connectivity index (χ2v) is 6.17. The van der Waals surface area contributed by atoms with Gasteiger partial charge in [-0.05, 0) is 43.7 Å². The van der Waals surface area contributed by atoms with E-state index in [-0.39, 0.29) is 0 Å². The Labute approximate surface area is 131 Å². The molecular formula is C19H33NO. The Morgan fingerprint density at radius 3 is 2.52 bits per heavy atom. The molecule has 0 amide bonds. The Kier molecular flexibility index (Phi) is 9.36. The number of hydrogen-bond donors (Lipinski definition) is 1. The lowest BCUT2D eigenvalue weighted by molar-refractivity contribution is 0.196. The zero-order valence-corrected chi connectivity index (χ0v) is 14.3. The van der Waals surface area contributed by atoms with Crippen molar-refractivity contribution in [3.8, 4) is 0 Å². The summed E-state index contributed by atoms with van der Waals surface area (Å²) in [6.45, 7) is 9.64. The maximum absolute atomic E-state index is 5.12. The van der Waals surface area contributed by atoms with E-state index in [4.69, 9.17) is 4.74 Å². The minimum atomic E-state index is 0.716. The van der Waals surface area contributed by atoms with Crippen LogP contribution in [0.5, 0.6) is 0 Å². The molecule has 0 bridgehead atoms. The van der Waals surface area contributed by atoms with Gasteiger partial charge in [0.25, 0.3) is 0 Å². The van der Waals surface area contributed by atoms with Gasteiger partial charge < -0.3 is 10.1 Å². The number of rotatable bonds is 11. The van der Waals surface area contributed by atoms with E-state index in [2.05, 4.69) is 50.4 Å². The molecule has 120 valence electrons. The van der Waals surface area contributed by atoms with Crippen molar-refractivity contribution in [3.63, 3.8) is 0 Å². The number of hydrogen-bond acceptors (Lipinski definition) is 2. The van der Waals surface area contributed by atoms with Crippen LogP contribution in [0.4, 0.5) is 0 Å². The zero-order chi connectivity index (χ0) is 15.5. The van der Waals surface area contributed by atoms with Crippen LogP contribution < -0.4 is 5.32 Å². The Bertz CT molecular complexity index is 374. The predicted octanol–water partition coefficient (Wildman–Crippen LogP) is 4.22. The second kappa shape index (κ2) is 10.8. The van der Waals surface area contributed by atoms with Gasteiger partial charge in [-0.3, -0.25) is 0 Å². The minimum Gasteiger partial charge on any atom is -0.383 e. The molecule has 0 aliphatic heterocycles. The Morgan fingerprint density at radius 2 is 1.90 bits per heavy atom. The van der Waals surface area contributed by atoms with Crippen LogP contribution in [0.2, 0.25) is 0 Å². The molecule has 1 aromatic carbocycles. The minimum absolute atomic E-state index is 0.716. The molecule has 1 rings (SSSR count). The van der Waals surface area contributed by atoms with Gasteiger partial charge >= 0.3 is 0 Å². The van der Waals surface area contributed by atoms with Gasteiger partial charge in [-0.2, -0.15) is 0 Å². The van der Waals surface area contributed by atoms with Crippen molar-refractivity contribution in [2.24, 2.45) is 11.8 Å². The monoisotopic (exact) mass is 291 g/mol. The standard InChI is InChI=1S/C19H33NO/c1-5-17(6-2)13-19(15-20-10-11-21-4)14-18-9-7-8-16(3)12-18/h7-9,12,17,19-20H,5-6,10-11,13-15H2,1-4H3. The third-order valence-electron chi connectivity index (χ3n) is 4.34. The van der Waals surface area contributed by atoms with Crippen LogP contribution in [0.1, 0.15) is 44.2 Å². The van der Waals surface area contributed by atoms with Gasteiger partial charge in [-0.25, -0.2) is 0 Å². The summed E-state index contributed by atoms with van der Waals surface area (Å²) in [5, 5.41) is 3.55. The number of ether oxygens (including phenoxy) is 1. The van der Waals surface area contributed by atoms with Crippen molar-refractivity contribution in [2.45, 2.75) is 46.5 Å². The largest absolute Gasteiger partial charge is 0.383 e. The number of nitrogens with one attached hydrogen (secondary N) is 1. The molecule has 1 unspecified atom stereocenters. The summed E-state index contributed by atoms with van der Waals surface area (Å²) in [6.07, 6.45) is 5.08. The van der Waals surface area contributed by atoms with E-state index in [1.165, 1.54) is 36.8 Å². The molecule has 0 heterocycles. The fraction of sp³-hybridized carbons (Fsp3) is 0.684. The van der Waals surface area contributed by atoms with Crippen molar-refractivity contribution in [1.29, 1.82) is 0 Å². The molecule has 1 aromatic rings. The van der Waals surface area contributed by atoms with E-state index in [1.54, 1.807) is 7.11 Å². The van der Waals surface area contributed by atoms with Gasteiger partial charge in [0.05, 0.1) is 6.61 Å². The average Bonchev–Trinajstić information content (AvgIpc) is 2.48. The van der Waals surface area contributed by atoms with Gasteiger partial charge in [0.15, 0.2) is 0 Å². The van der Waals surface area contributed by atoms with Crippen molar-refractivity contribution >= 4 is 0 Å². The molecule has 0 spiro atoms. The lowest BCUT2D eigenvalue weighted by atomic mass is 9.86. The molecule has 1 atom stereocenters. The summed E-state index contributed by atoms with van der Waals surface area (Å²) in [5.41, 5.74) is 2.83. The highest BCUT2D eigenvalue weighted by molar-refractivity contribution is 5.22. The third-order valence-corrected chi connectivity index (χ3v) is 4.34. The third kappa shape index (κ3) is 7.63. The van der Waals surface area contributed by atoms with Crippen LogP contribution in [0.25, 0.3) is 0 Å². The molecule has 1 N–H and O–H groups in total. The van der Waals surface area contributed by atoms with E-state index in [9.17, 15) is 0 Å². The lowest BCUT2D eigenvalue weighted by Crippen LogP contribution is -2.28. The fourth-order valence-corrected chi connectivity index (χ4v) is 2.99. The Balaban J connectivity index is 2.57. The molecule has 0 aliphatic rings.